The Labute approximate surface area is 118 Å². The summed E-state index contributed by atoms with van der Waals surface area (Å²) in [6.07, 6.45) is 2.76. The average Bonchev–Trinajstić information content (AvgIpc) is 2.95. The van der Waals surface area contributed by atoms with Crippen LogP contribution in [0.2, 0.25) is 0 Å². The van der Waals surface area contributed by atoms with Gasteiger partial charge in [0.15, 0.2) is 5.75 Å². The summed E-state index contributed by atoms with van der Waals surface area (Å²) in [6.45, 7) is 3.85. The topological polar surface area (TPSA) is 37.6 Å². The highest BCUT2D eigenvalue weighted by atomic mass is 16.5. The number of hydrogen-bond acceptors (Lipinski definition) is 4. The molecule has 4 rings (SSSR count). The van der Waals surface area contributed by atoms with Gasteiger partial charge in [-0.2, -0.15) is 0 Å². The number of ether oxygens (including phenoxy) is 1. The fourth-order valence-corrected chi connectivity index (χ4v) is 3.16. The molecule has 2 aliphatic rings. The average molecular weight is 270 g/mol. The zero-order valence-electron chi connectivity index (χ0n) is 11.3. The van der Waals surface area contributed by atoms with Gasteiger partial charge in [-0.15, -0.1) is 0 Å². The summed E-state index contributed by atoms with van der Waals surface area (Å²) in [6, 6.07) is 10.7. The van der Waals surface area contributed by atoms with E-state index in [4.69, 9.17) is 9.15 Å². The predicted molar refractivity (Wildman–Crippen MR) is 78.3 cm³/mol. The first-order chi connectivity index (χ1) is 9.93. The van der Waals surface area contributed by atoms with Gasteiger partial charge in [-0.1, -0.05) is 6.07 Å². The highest BCUT2D eigenvalue weighted by molar-refractivity contribution is 5.76. The van der Waals surface area contributed by atoms with E-state index in [0.29, 0.717) is 6.04 Å². The molecule has 0 bridgehead atoms. The second kappa shape index (κ2) is 4.87. The van der Waals surface area contributed by atoms with E-state index in [2.05, 4.69) is 28.4 Å². The molecular formula is C16H18N2O2. The van der Waals surface area contributed by atoms with Gasteiger partial charge in [0.05, 0.1) is 24.1 Å². The molecule has 2 aliphatic heterocycles. The van der Waals surface area contributed by atoms with Crippen molar-refractivity contribution in [1.82, 2.24) is 5.32 Å². The molecule has 0 unspecified atom stereocenters. The first-order valence-corrected chi connectivity index (χ1v) is 7.20. The van der Waals surface area contributed by atoms with E-state index >= 15 is 0 Å². The maximum atomic E-state index is 6.07. The summed E-state index contributed by atoms with van der Waals surface area (Å²) in [5.74, 6) is 1.84. The molecular weight excluding hydrogens is 252 g/mol. The van der Waals surface area contributed by atoms with Crippen molar-refractivity contribution in [3.05, 3.63) is 36.6 Å². The summed E-state index contributed by atoms with van der Waals surface area (Å²) in [4.78, 5) is 2.48. The van der Waals surface area contributed by atoms with E-state index in [1.54, 1.807) is 6.26 Å². The van der Waals surface area contributed by atoms with Crippen LogP contribution >= 0.6 is 0 Å². The van der Waals surface area contributed by atoms with Crippen molar-refractivity contribution in [2.75, 3.05) is 31.1 Å². The molecule has 20 heavy (non-hydrogen) atoms. The molecule has 0 spiro atoms. The molecule has 0 radical (unpaired) electrons. The smallest absolute Gasteiger partial charge is 0.153 e. The normalized spacial score (nSPS) is 21.6. The van der Waals surface area contributed by atoms with E-state index < -0.39 is 0 Å². The van der Waals surface area contributed by atoms with Crippen molar-refractivity contribution in [1.29, 1.82) is 0 Å². The molecule has 1 saturated heterocycles. The van der Waals surface area contributed by atoms with Crippen LogP contribution in [0.15, 0.2) is 41.0 Å². The van der Waals surface area contributed by atoms with Crippen LogP contribution < -0.4 is 15.0 Å². The number of rotatable bonds is 1. The Bertz CT molecular complexity index is 595. The Hall–Kier alpha value is -1.94. The minimum absolute atomic E-state index is 0.525. The quantitative estimate of drug-likeness (QED) is 0.864. The molecule has 1 N–H and O–H groups in total. The highest BCUT2D eigenvalue weighted by Gasteiger charge is 2.29. The van der Waals surface area contributed by atoms with E-state index in [-0.39, 0.29) is 0 Å². The molecule has 1 aromatic heterocycles. The number of furan rings is 1. The number of nitrogens with zero attached hydrogens (tertiary/aromatic N) is 1. The largest absolute Gasteiger partial charge is 0.491 e. The van der Waals surface area contributed by atoms with E-state index in [9.17, 15) is 0 Å². The van der Waals surface area contributed by atoms with Gasteiger partial charge in [0.25, 0.3) is 0 Å². The Kier molecular flexibility index (Phi) is 2.89. The predicted octanol–water partition coefficient (Wildman–Crippen LogP) is 2.51. The van der Waals surface area contributed by atoms with Crippen molar-refractivity contribution < 1.29 is 9.15 Å². The number of fused-ring (bicyclic) bond motifs is 3. The number of anilines is 1. The third-order valence-electron chi connectivity index (χ3n) is 4.14. The number of piperazine rings is 1. The minimum atomic E-state index is 0.525. The molecule has 0 amide bonds. The lowest BCUT2D eigenvalue weighted by Gasteiger charge is -2.36. The molecule has 1 aromatic carbocycles. The summed E-state index contributed by atoms with van der Waals surface area (Å²) in [5, 5.41) is 3.47. The van der Waals surface area contributed by atoms with Gasteiger partial charge in [0.1, 0.15) is 5.76 Å². The molecule has 2 aromatic rings. The van der Waals surface area contributed by atoms with Crippen LogP contribution in [0.5, 0.6) is 5.75 Å². The molecule has 1 atom stereocenters. The molecule has 0 saturated carbocycles. The fraction of sp³-hybridized carbons (Fsp3) is 0.375. The first kappa shape index (κ1) is 11.9. The highest BCUT2D eigenvalue weighted by Crippen LogP contribution is 2.41. The Morgan fingerprint density at radius 2 is 2.20 bits per heavy atom. The third-order valence-corrected chi connectivity index (χ3v) is 4.14. The van der Waals surface area contributed by atoms with Crippen LogP contribution in [-0.4, -0.2) is 32.3 Å². The number of para-hydroxylation sites is 1. The van der Waals surface area contributed by atoms with E-state index in [0.717, 1.165) is 49.7 Å². The molecule has 3 heterocycles. The number of nitrogens with one attached hydrogen (secondary N) is 1. The van der Waals surface area contributed by atoms with Crippen molar-refractivity contribution >= 4 is 5.69 Å². The Balaban J connectivity index is 1.83. The third kappa shape index (κ3) is 1.88. The standard InChI is InChI=1S/C16H18N2O2/c1-3-13(15-5-2-9-19-15)16-14(4-1)18-8-7-17-11-12(18)6-10-20-16/h1-5,9,12,17H,6-8,10-11H2/t12-/m0/s1. The SMILES string of the molecule is c1coc(-c2cccc3c2OCC[C@H]2CNCCN32)c1. The maximum Gasteiger partial charge on any atom is 0.153 e. The number of hydrogen-bond donors (Lipinski definition) is 1. The zero-order chi connectivity index (χ0) is 13.4. The Morgan fingerprint density at radius 3 is 3.10 bits per heavy atom. The summed E-state index contributed by atoms with van der Waals surface area (Å²) in [7, 11) is 0. The van der Waals surface area contributed by atoms with Gasteiger partial charge in [0, 0.05) is 32.1 Å². The van der Waals surface area contributed by atoms with Gasteiger partial charge >= 0.3 is 0 Å². The van der Waals surface area contributed by atoms with Crippen molar-refractivity contribution in [3.63, 3.8) is 0 Å². The summed E-state index contributed by atoms with van der Waals surface area (Å²) < 4.78 is 11.6. The maximum absolute atomic E-state index is 6.07. The van der Waals surface area contributed by atoms with Crippen LogP contribution in [0.4, 0.5) is 5.69 Å². The van der Waals surface area contributed by atoms with Gasteiger partial charge in [-0.05, 0) is 24.3 Å². The zero-order valence-corrected chi connectivity index (χ0v) is 11.3. The van der Waals surface area contributed by atoms with Gasteiger partial charge in [-0.25, -0.2) is 0 Å². The lowest BCUT2D eigenvalue weighted by atomic mass is 10.1. The second-order valence-corrected chi connectivity index (χ2v) is 5.32. The van der Waals surface area contributed by atoms with Crippen LogP contribution in [0.25, 0.3) is 11.3 Å². The molecule has 4 heteroatoms. The van der Waals surface area contributed by atoms with Gasteiger partial charge < -0.3 is 19.4 Å². The van der Waals surface area contributed by atoms with Crippen LogP contribution in [0, 0.1) is 0 Å². The molecule has 1 fully saturated rings. The van der Waals surface area contributed by atoms with Crippen molar-refractivity contribution in [2.45, 2.75) is 12.5 Å². The summed E-state index contributed by atoms with van der Waals surface area (Å²) >= 11 is 0. The van der Waals surface area contributed by atoms with Gasteiger partial charge in [0.2, 0.25) is 0 Å². The van der Waals surface area contributed by atoms with E-state index in [1.807, 2.05) is 12.1 Å². The minimum Gasteiger partial charge on any atom is -0.491 e. The molecule has 0 aliphatic carbocycles. The Morgan fingerprint density at radius 1 is 1.20 bits per heavy atom. The second-order valence-electron chi connectivity index (χ2n) is 5.32. The lowest BCUT2D eigenvalue weighted by molar-refractivity contribution is 0.304. The van der Waals surface area contributed by atoms with Crippen LogP contribution in [0.3, 0.4) is 0 Å². The van der Waals surface area contributed by atoms with Crippen LogP contribution in [0.1, 0.15) is 6.42 Å². The van der Waals surface area contributed by atoms with Crippen molar-refractivity contribution in [3.8, 4) is 17.1 Å². The van der Waals surface area contributed by atoms with Crippen LogP contribution in [-0.2, 0) is 0 Å². The monoisotopic (exact) mass is 270 g/mol. The summed E-state index contributed by atoms with van der Waals surface area (Å²) in [5.41, 5.74) is 2.24. The molecule has 4 nitrogen and oxygen atoms in total. The molecule has 104 valence electrons. The van der Waals surface area contributed by atoms with Gasteiger partial charge in [-0.3, -0.25) is 0 Å². The first-order valence-electron chi connectivity index (χ1n) is 7.20. The fourth-order valence-electron chi connectivity index (χ4n) is 3.16. The van der Waals surface area contributed by atoms with E-state index in [1.165, 1.54) is 5.69 Å². The number of benzene rings is 1. The van der Waals surface area contributed by atoms with Crippen molar-refractivity contribution in [2.24, 2.45) is 0 Å². The lowest BCUT2D eigenvalue weighted by Crippen LogP contribution is -2.51.